The average molecular weight is 221 g/mol. The number of rotatable bonds is 3. The number of aryl methyl sites for hydroxylation is 3. The Morgan fingerprint density at radius 2 is 2.06 bits per heavy atom. The van der Waals surface area contributed by atoms with E-state index in [1.165, 1.54) is 0 Å². The molecule has 0 fully saturated rings. The maximum absolute atomic E-state index is 5.95. The Labute approximate surface area is 93.5 Å². The second-order valence-corrected chi connectivity index (χ2v) is 3.52. The predicted octanol–water partition coefficient (Wildman–Crippen LogP) is 1.41. The lowest BCUT2D eigenvalue weighted by Gasteiger charge is -2.00. The maximum Gasteiger partial charge on any atom is 0.268 e. The third-order valence-corrected chi connectivity index (χ3v) is 2.45. The number of hydrogen-bond acceptors (Lipinski definition) is 5. The molecule has 2 heterocycles. The van der Waals surface area contributed by atoms with E-state index < -0.39 is 0 Å². The van der Waals surface area contributed by atoms with Gasteiger partial charge in [-0.3, -0.25) is 4.68 Å². The molecule has 86 valence electrons. The second-order valence-electron chi connectivity index (χ2n) is 3.52. The summed E-state index contributed by atoms with van der Waals surface area (Å²) >= 11 is 0. The third-order valence-electron chi connectivity index (χ3n) is 2.45. The minimum Gasteiger partial charge on any atom is -0.419 e. The lowest BCUT2D eigenvalue weighted by molar-refractivity contribution is 0.505. The standard InChI is InChI=1S/C10H15N5O/c1-4-7-12-13-10(16-7)9-8(11)6(3)14-15(9)5-2/h4-5,11H2,1-3H3. The van der Waals surface area contributed by atoms with Crippen LogP contribution in [0.3, 0.4) is 0 Å². The molecular weight excluding hydrogens is 206 g/mol. The highest BCUT2D eigenvalue weighted by atomic mass is 16.4. The highest BCUT2D eigenvalue weighted by Crippen LogP contribution is 2.27. The number of hydrogen-bond donors (Lipinski definition) is 1. The molecule has 0 aliphatic heterocycles. The smallest absolute Gasteiger partial charge is 0.268 e. The van der Waals surface area contributed by atoms with E-state index in [1.54, 1.807) is 4.68 Å². The third kappa shape index (κ3) is 1.56. The summed E-state index contributed by atoms with van der Waals surface area (Å²) in [7, 11) is 0. The highest BCUT2D eigenvalue weighted by Gasteiger charge is 2.18. The number of aromatic nitrogens is 4. The van der Waals surface area contributed by atoms with Crippen LogP contribution in [0.2, 0.25) is 0 Å². The van der Waals surface area contributed by atoms with Crippen LogP contribution in [0.25, 0.3) is 11.6 Å². The van der Waals surface area contributed by atoms with Gasteiger partial charge in [0.25, 0.3) is 5.89 Å². The lowest BCUT2D eigenvalue weighted by atomic mass is 10.3. The molecule has 0 aliphatic carbocycles. The minimum absolute atomic E-state index is 0.441. The summed E-state index contributed by atoms with van der Waals surface area (Å²) in [5, 5.41) is 12.2. The second kappa shape index (κ2) is 3.96. The van der Waals surface area contributed by atoms with Crippen molar-refractivity contribution in [1.82, 2.24) is 20.0 Å². The van der Waals surface area contributed by atoms with Crippen molar-refractivity contribution >= 4 is 5.69 Å². The van der Waals surface area contributed by atoms with Crippen LogP contribution in [0.4, 0.5) is 5.69 Å². The molecule has 2 N–H and O–H groups in total. The van der Waals surface area contributed by atoms with Gasteiger partial charge in [0.05, 0.1) is 11.4 Å². The fourth-order valence-corrected chi connectivity index (χ4v) is 1.54. The van der Waals surface area contributed by atoms with E-state index in [2.05, 4.69) is 15.3 Å². The van der Waals surface area contributed by atoms with Crippen LogP contribution in [0, 0.1) is 6.92 Å². The van der Waals surface area contributed by atoms with E-state index in [9.17, 15) is 0 Å². The van der Waals surface area contributed by atoms with Gasteiger partial charge in [0.15, 0.2) is 0 Å². The van der Waals surface area contributed by atoms with E-state index >= 15 is 0 Å². The van der Waals surface area contributed by atoms with Crippen molar-refractivity contribution in [3.05, 3.63) is 11.6 Å². The van der Waals surface area contributed by atoms with Crippen molar-refractivity contribution in [2.75, 3.05) is 5.73 Å². The van der Waals surface area contributed by atoms with E-state index in [0.29, 0.717) is 29.6 Å². The fourth-order valence-electron chi connectivity index (χ4n) is 1.54. The van der Waals surface area contributed by atoms with Crippen molar-refractivity contribution in [1.29, 1.82) is 0 Å². The molecule has 0 spiro atoms. The topological polar surface area (TPSA) is 82.8 Å². The molecule has 6 heteroatoms. The van der Waals surface area contributed by atoms with Gasteiger partial charge in [-0.2, -0.15) is 5.10 Å². The lowest BCUT2D eigenvalue weighted by Crippen LogP contribution is -2.00. The summed E-state index contributed by atoms with van der Waals surface area (Å²) in [4.78, 5) is 0. The van der Waals surface area contributed by atoms with Crippen LogP contribution in [-0.4, -0.2) is 20.0 Å². The van der Waals surface area contributed by atoms with Gasteiger partial charge in [-0.25, -0.2) is 0 Å². The first-order chi connectivity index (χ1) is 7.67. The zero-order valence-electron chi connectivity index (χ0n) is 9.69. The Balaban J connectivity index is 2.53. The van der Waals surface area contributed by atoms with E-state index in [0.717, 1.165) is 12.2 Å². The summed E-state index contributed by atoms with van der Waals surface area (Å²) in [5.74, 6) is 1.05. The zero-order chi connectivity index (χ0) is 11.7. The van der Waals surface area contributed by atoms with Gasteiger partial charge in [-0.1, -0.05) is 6.92 Å². The van der Waals surface area contributed by atoms with Crippen LogP contribution < -0.4 is 5.73 Å². The first kappa shape index (κ1) is 10.7. The first-order valence-corrected chi connectivity index (χ1v) is 5.33. The van der Waals surface area contributed by atoms with Crippen LogP contribution >= 0.6 is 0 Å². The summed E-state index contributed by atoms with van der Waals surface area (Å²) in [6.07, 6.45) is 0.714. The van der Waals surface area contributed by atoms with Crippen molar-refractivity contribution in [3.8, 4) is 11.6 Å². The maximum atomic E-state index is 5.95. The Bertz CT molecular complexity index is 499. The number of nitrogens with two attached hydrogens (primary N) is 1. The Morgan fingerprint density at radius 3 is 2.62 bits per heavy atom. The fraction of sp³-hybridized carbons (Fsp3) is 0.500. The summed E-state index contributed by atoms with van der Waals surface area (Å²) in [6.45, 7) is 6.54. The van der Waals surface area contributed by atoms with Gasteiger partial charge in [-0.15, -0.1) is 10.2 Å². The predicted molar refractivity (Wildman–Crippen MR) is 59.7 cm³/mol. The number of anilines is 1. The van der Waals surface area contributed by atoms with Gasteiger partial charge in [-0.05, 0) is 13.8 Å². The summed E-state index contributed by atoms with van der Waals surface area (Å²) in [6, 6.07) is 0. The van der Waals surface area contributed by atoms with Gasteiger partial charge < -0.3 is 10.2 Å². The van der Waals surface area contributed by atoms with Crippen molar-refractivity contribution in [3.63, 3.8) is 0 Å². The number of nitrogen functional groups attached to an aromatic ring is 1. The van der Waals surface area contributed by atoms with Crippen molar-refractivity contribution < 1.29 is 4.42 Å². The van der Waals surface area contributed by atoms with E-state index in [-0.39, 0.29) is 0 Å². The molecule has 2 aromatic heterocycles. The van der Waals surface area contributed by atoms with E-state index in [1.807, 2.05) is 20.8 Å². The molecule has 2 rings (SSSR count). The Morgan fingerprint density at radius 1 is 1.31 bits per heavy atom. The normalized spacial score (nSPS) is 10.9. The molecule has 0 unspecified atom stereocenters. The van der Waals surface area contributed by atoms with Crippen molar-refractivity contribution in [2.45, 2.75) is 33.7 Å². The molecule has 2 aromatic rings. The van der Waals surface area contributed by atoms with Gasteiger partial charge in [0.1, 0.15) is 5.69 Å². The van der Waals surface area contributed by atoms with Crippen molar-refractivity contribution in [2.24, 2.45) is 0 Å². The largest absolute Gasteiger partial charge is 0.419 e. The molecule has 0 radical (unpaired) electrons. The molecule has 16 heavy (non-hydrogen) atoms. The Kier molecular flexibility index (Phi) is 2.64. The van der Waals surface area contributed by atoms with Crippen LogP contribution in [0.5, 0.6) is 0 Å². The molecular formula is C10H15N5O. The van der Waals surface area contributed by atoms with Crippen LogP contribution in [-0.2, 0) is 13.0 Å². The van der Waals surface area contributed by atoms with E-state index in [4.69, 9.17) is 10.2 Å². The summed E-state index contributed by atoms with van der Waals surface area (Å²) in [5.41, 5.74) is 8.06. The molecule has 0 saturated carbocycles. The SMILES string of the molecule is CCc1nnc(-c2c(N)c(C)nn2CC)o1. The Hall–Kier alpha value is -1.85. The highest BCUT2D eigenvalue weighted by molar-refractivity contribution is 5.68. The molecule has 0 amide bonds. The number of nitrogens with zero attached hydrogens (tertiary/aromatic N) is 4. The molecule has 0 aromatic carbocycles. The van der Waals surface area contributed by atoms with Gasteiger partial charge in [0, 0.05) is 13.0 Å². The molecule has 0 bridgehead atoms. The van der Waals surface area contributed by atoms with Gasteiger partial charge in [0.2, 0.25) is 5.89 Å². The summed E-state index contributed by atoms with van der Waals surface area (Å²) < 4.78 is 7.27. The van der Waals surface area contributed by atoms with Crippen LogP contribution in [0.15, 0.2) is 4.42 Å². The average Bonchev–Trinajstić information content (AvgIpc) is 2.85. The molecule has 0 atom stereocenters. The minimum atomic E-state index is 0.441. The molecule has 0 aliphatic rings. The van der Waals surface area contributed by atoms with Gasteiger partial charge >= 0.3 is 0 Å². The quantitative estimate of drug-likeness (QED) is 0.847. The monoisotopic (exact) mass is 221 g/mol. The first-order valence-electron chi connectivity index (χ1n) is 5.33. The van der Waals surface area contributed by atoms with Crippen LogP contribution in [0.1, 0.15) is 25.4 Å². The zero-order valence-corrected chi connectivity index (χ0v) is 9.69. The molecule has 6 nitrogen and oxygen atoms in total. The molecule has 0 saturated heterocycles.